The van der Waals surface area contributed by atoms with Crippen molar-refractivity contribution in [3.8, 4) is 5.75 Å². The molecule has 2 rings (SSSR count). The number of piperidine rings is 1. The maximum absolute atomic E-state index is 12.0. The van der Waals surface area contributed by atoms with Crippen LogP contribution in [-0.2, 0) is 4.79 Å². The summed E-state index contributed by atoms with van der Waals surface area (Å²) < 4.78 is 5.70. The highest BCUT2D eigenvalue weighted by Gasteiger charge is 2.18. The van der Waals surface area contributed by atoms with Crippen molar-refractivity contribution in [2.24, 2.45) is 0 Å². The zero-order chi connectivity index (χ0) is 15.2. The Bertz CT molecular complexity index is 466. The molecule has 1 heterocycles. The molecule has 0 spiro atoms. The van der Waals surface area contributed by atoms with E-state index in [-0.39, 0.29) is 18.6 Å². The smallest absolute Gasteiger partial charge is 0.258 e. The van der Waals surface area contributed by atoms with Gasteiger partial charge in [-0.05, 0) is 50.5 Å². The average Bonchev–Trinajstić information content (AvgIpc) is 2.48. The van der Waals surface area contributed by atoms with Crippen LogP contribution >= 0.6 is 0 Å². The molecule has 0 unspecified atom stereocenters. The molecule has 1 amide bonds. The quantitative estimate of drug-likeness (QED) is 0.905. The van der Waals surface area contributed by atoms with Crippen molar-refractivity contribution in [1.82, 2.24) is 10.2 Å². The molecule has 0 bridgehead atoms. The number of carbonyl (C=O) groups is 1. The standard InChI is InChI=1S/C17H26N2O2/c1-13(2)15-6-4-5-7-16(15)21-12-17(20)18-14-8-10-19(3)11-9-14/h4-7,13-14H,8-12H2,1-3H3,(H,18,20). The number of nitrogens with one attached hydrogen (secondary N) is 1. The summed E-state index contributed by atoms with van der Waals surface area (Å²) in [7, 11) is 2.12. The normalized spacial score (nSPS) is 17.0. The molecule has 1 aliphatic heterocycles. The van der Waals surface area contributed by atoms with Gasteiger partial charge in [0, 0.05) is 6.04 Å². The van der Waals surface area contributed by atoms with E-state index in [0.717, 1.165) is 37.2 Å². The third-order valence-corrected chi connectivity index (χ3v) is 3.98. The summed E-state index contributed by atoms with van der Waals surface area (Å²) in [6.45, 7) is 6.43. The van der Waals surface area contributed by atoms with Crippen molar-refractivity contribution in [1.29, 1.82) is 0 Å². The van der Waals surface area contributed by atoms with Crippen LogP contribution in [0.2, 0.25) is 0 Å². The average molecular weight is 290 g/mol. The predicted octanol–water partition coefficient (Wildman–Crippen LogP) is 2.40. The molecule has 0 radical (unpaired) electrons. The Morgan fingerprint density at radius 3 is 2.67 bits per heavy atom. The molecule has 1 fully saturated rings. The number of hydrogen-bond donors (Lipinski definition) is 1. The molecule has 0 saturated carbocycles. The minimum Gasteiger partial charge on any atom is -0.483 e. The number of carbonyl (C=O) groups excluding carboxylic acids is 1. The first-order chi connectivity index (χ1) is 10.1. The van der Waals surface area contributed by atoms with Gasteiger partial charge in [0.05, 0.1) is 0 Å². The number of likely N-dealkylation sites (tertiary alicyclic amines) is 1. The maximum Gasteiger partial charge on any atom is 0.258 e. The van der Waals surface area contributed by atoms with Gasteiger partial charge in [-0.2, -0.15) is 0 Å². The van der Waals surface area contributed by atoms with E-state index in [0.29, 0.717) is 5.92 Å². The fourth-order valence-corrected chi connectivity index (χ4v) is 2.65. The Morgan fingerprint density at radius 1 is 1.33 bits per heavy atom. The highest BCUT2D eigenvalue weighted by molar-refractivity contribution is 5.77. The van der Waals surface area contributed by atoms with E-state index in [2.05, 4.69) is 37.2 Å². The van der Waals surface area contributed by atoms with Crippen LogP contribution in [0.4, 0.5) is 0 Å². The SMILES string of the molecule is CC(C)c1ccccc1OCC(=O)NC1CCN(C)CC1. The Labute approximate surface area is 127 Å². The number of ether oxygens (including phenoxy) is 1. The minimum atomic E-state index is -0.0249. The van der Waals surface area contributed by atoms with Crippen molar-refractivity contribution in [3.63, 3.8) is 0 Å². The third kappa shape index (κ3) is 4.74. The number of nitrogens with zero attached hydrogens (tertiary/aromatic N) is 1. The Kier molecular flexibility index (Phi) is 5.62. The minimum absolute atomic E-state index is 0.0249. The molecule has 1 N–H and O–H groups in total. The molecule has 0 aromatic heterocycles. The van der Waals surface area contributed by atoms with E-state index in [4.69, 9.17) is 4.74 Å². The third-order valence-electron chi connectivity index (χ3n) is 3.98. The molecule has 1 saturated heterocycles. The highest BCUT2D eigenvalue weighted by atomic mass is 16.5. The van der Waals surface area contributed by atoms with E-state index in [9.17, 15) is 4.79 Å². The molecule has 4 nitrogen and oxygen atoms in total. The Morgan fingerprint density at radius 2 is 2.00 bits per heavy atom. The van der Waals surface area contributed by atoms with Gasteiger partial charge >= 0.3 is 0 Å². The second kappa shape index (κ2) is 7.46. The first-order valence-electron chi connectivity index (χ1n) is 7.76. The van der Waals surface area contributed by atoms with E-state index >= 15 is 0 Å². The monoisotopic (exact) mass is 290 g/mol. The summed E-state index contributed by atoms with van der Waals surface area (Å²) in [6.07, 6.45) is 2.04. The van der Waals surface area contributed by atoms with Crippen molar-refractivity contribution in [3.05, 3.63) is 29.8 Å². The fourth-order valence-electron chi connectivity index (χ4n) is 2.65. The highest BCUT2D eigenvalue weighted by Crippen LogP contribution is 2.25. The lowest BCUT2D eigenvalue weighted by Crippen LogP contribution is -2.44. The summed E-state index contributed by atoms with van der Waals surface area (Å²) in [5.41, 5.74) is 1.14. The van der Waals surface area contributed by atoms with Gasteiger partial charge in [0.15, 0.2) is 6.61 Å². The van der Waals surface area contributed by atoms with Crippen molar-refractivity contribution >= 4 is 5.91 Å². The number of rotatable bonds is 5. The van der Waals surface area contributed by atoms with Crippen LogP contribution in [0, 0.1) is 0 Å². The summed E-state index contributed by atoms with van der Waals surface area (Å²) in [6, 6.07) is 8.21. The molecule has 1 aromatic rings. The zero-order valence-corrected chi connectivity index (χ0v) is 13.3. The van der Waals surface area contributed by atoms with E-state index in [1.165, 1.54) is 0 Å². The zero-order valence-electron chi connectivity index (χ0n) is 13.3. The van der Waals surface area contributed by atoms with Crippen molar-refractivity contribution in [2.75, 3.05) is 26.7 Å². The second-order valence-corrected chi connectivity index (χ2v) is 6.13. The van der Waals surface area contributed by atoms with Gasteiger partial charge in [-0.25, -0.2) is 0 Å². The van der Waals surface area contributed by atoms with Gasteiger partial charge in [0.1, 0.15) is 5.75 Å². The first kappa shape index (κ1) is 15.8. The van der Waals surface area contributed by atoms with Crippen LogP contribution in [0.5, 0.6) is 5.75 Å². The van der Waals surface area contributed by atoms with Gasteiger partial charge in [0.25, 0.3) is 5.91 Å². The molecule has 21 heavy (non-hydrogen) atoms. The number of para-hydroxylation sites is 1. The van der Waals surface area contributed by atoms with Crippen molar-refractivity contribution < 1.29 is 9.53 Å². The van der Waals surface area contributed by atoms with Crippen LogP contribution in [0.15, 0.2) is 24.3 Å². The van der Waals surface area contributed by atoms with Crippen LogP contribution in [0.25, 0.3) is 0 Å². The topological polar surface area (TPSA) is 41.6 Å². The Balaban J connectivity index is 1.81. The molecular formula is C17H26N2O2. The molecule has 116 valence electrons. The summed E-state index contributed by atoms with van der Waals surface area (Å²) in [5.74, 6) is 1.17. The van der Waals surface area contributed by atoms with E-state index in [1.54, 1.807) is 0 Å². The second-order valence-electron chi connectivity index (χ2n) is 6.13. The lowest BCUT2D eigenvalue weighted by molar-refractivity contribution is -0.124. The summed E-state index contributed by atoms with van der Waals surface area (Å²) in [4.78, 5) is 14.3. The van der Waals surface area contributed by atoms with Crippen LogP contribution in [-0.4, -0.2) is 43.6 Å². The molecule has 1 aliphatic rings. The largest absolute Gasteiger partial charge is 0.483 e. The van der Waals surface area contributed by atoms with Crippen LogP contribution < -0.4 is 10.1 Å². The van der Waals surface area contributed by atoms with Gasteiger partial charge in [-0.15, -0.1) is 0 Å². The van der Waals surface area contributed by atoms with Gasteiger partial charge < -0.3 is 15.0 Å². The van der Waals surface area contributed by atoms with Gasteiger partial charge in [-0.1, -0.05) is 32.0 Å². The van der Waals surface area contributed by atoms with Gasteiger partial charge in [0.2, 0.25) is 0 Å². The number of benzene rings is 1. The van der Waals surface area contributed by atoms with E-state index in [1.807, 2.05) is 18.2 Å². The number of amides is 1. The summed E-state index contributed by atoms with van der Waals surface area (Å²) in [5, 5.41) is 3.07. The molecule has 0 aliphatic carbocycles. The Hall–Kier alpha value is -1.55. The molecule has 0 atom stereocenters. The lowest BCUT2D eigenvalue weighted by Gasteiger charge is -2.29. The molecular weight excluding hydrogens is 264 g/mol. The van der Waals surface area contributed by atoms with E-state index < -0.39 is 0 Å². The van der Waals surface area contributed by atoms with Crippen LogP contribution in [0.3, 0.4) is 0 Å². The molecule has 1 aromatic carbocycles. The predicted molar refractivity (Wildman–Crippen MR) is 84.7 cm³/mol. The lowest BCUT2D eigenvalue weighted by atomic mass is 10.0. The maximum atomic E-state index is 12.0. The van der Waals surface area contributed by atoms with Crippen molar-refractivity contribution in [2.45, 2.75) is 38.6 Å². The number of hydrogen-bond acceptors (Lipinski definition) is 3. The fraction of sp³-hybridized carbons (Fsp3) is 0.588. The molecule has 4 heteroatoms. The van der Waals surface area contributed by atoms with Gasteiger partial charge in [-0.3, -0.25) is 4.79 Å². The van der Waals surface area contributed by atoms with Crippen LogP contribution in [0.1, 0.15) is 38.2 Å². The first-order valence-corrected chi connectivity index (χ1v) is 7.76. The summed E-state index contributed by atoms with van der Waals surface area (Å²) >= 11 is 0.